The van der Waals surface area contributed by atoms with Gasteiger partial charge in [0.15, 0.2) is 5.79 Å². The minimum atomic E-state index is -0.226. The van der Waals surface area contributed by atoms with Crippen molar-refractivity contribution >= 4 is 0 Å². The molecule has 1 spiro atoms. The molecular formula is C19H28O2. The highest BCUT2D eigenvalue weighted by atomic mass is 16.7. The summed E-state index contributed by atoms with van der Waals surface area (Å²) in [7, 11) is 0. The van der Waals surface area contributed by atoms with E-state index >= 15 is 0 Å². The normalized spacial score (nSPS) is 22.0. The van der Waals surface area contributed by atoms with Crippen LogP contribution in [0.15, 0.2) is 24.3 Å². The van der Waals surface area contributed by atoms with Crippen LogP contribution in [0.25, 0.3) is 0 Å². The highest BCUT2D eigenvalue weighted by Gasteiger charge is 2.40. The molecule has 2 nitrogen and oxygen atoms in total. The smallest absolute Gasteiger partial charge is 0.168 e. The number of unbranched alkanes of at least 4 members (excludes halogenated alkanes) is 2. The summed E-state index contributed by atoms with van der Waals surface area (Å²) in [6.07, 6.45) is 9.66. The summed E-state index contributed by atoms with van der Waals surface area (Å²) in [5.74, 6) is 0.462. The van der Waals surface area contributed by atoms with E-state index < -0.39 is 0 Å². The molecule has 1 saturated carbocycles. The number of rotatable bonds is 5. The Balaban J connectivity index is 1.53. The standard InChI is InChI=1S/C19H28O2/c1-2-3-4-5-16-6-8-17(9-7-16)18-10-12-19(13-11-18)20-14-15-21-19/h6-9,18H,2-5,10-15H2,1H3. The van der Waals surface area contributed by atoms with E-state index in [4.69, 9.17) is 9.47 Å². The van der Waals surface area contributed by atoms with Gasteiger partial charge in [-0.3, -0.25) is 0 Å². The molecule has 0 aromatic heterocycles. The van der Waals surface area contributed by atoms with Crippen molar-refractivity contribution in [2.45, 2.75) is 70.0 Å². The molecule has 1 aliphatic carbocycles. The second kappa shape index (κ2) is 6.93. The molecule has 21 heavy (non-hydrogen) atoms. The van der Waals surface area contributed by atoms with Gasteiger partial charge in [0.1, 0.15) is 0 Å². The zero-order valence-electron chi connectivity index (χ0n) is 13.3. The third-order valence-electron chi connectivity index (χ3n) is 5.08. The average Bonchev–Trinajstić information content (AvgIpc) is 2.97. The first-order valence-corrected chi connectivity index (χ1v) is 8.68. The van der Waals surface area contributed by atoms with Gasteiger partial charge < -0.3 is 9.47 Å². The van der Waals surface area contributed by atoms with Crippen LogP contribution in [0.1, 0.15) is 68.9 Å². The maximum Gasteiger partial charge on any atom is 0.168 e. The molecule has 116 valence electrons. The van der Waals surface area contributed by atoms with Gasteiger partial charge in [0.25, 0.3) is 0 Å². The first-order valence-electron chi connectivity index (χ1n) is 8.68. The Morgan fingerprint density at radius 1 is 1.00 bits per heavy atom. The third-order valence-corrected chi connectivity index (χ3v) is 5.08. The van der Waals surface area contributed by atoms with Crippen LogP contribution in [-0.4, -0.2) is 19.0 Å². The summed E-state index contributed by atoms with van der Waals surface area (Å²) in [5, 5.41) is 0. The van der Waals surface area contributed by atoms with E-state index in [0.29, 0.717) is 5.92 Å². The zero-order valence-corrected chi connectivity index (χ0v) is 13.3. The highest BCUT2D eigenvalue weighted by molar-refractivity contribution is 5.26. The summed E-state index contributed by atoms with van der Waals surface area (Å²) in [6.45, 7) is 3.81. The van der Waals surface area contributed by atoms with Gasteiger partial charge in [-0.05, 0) is 42.7 Å². The van der Waals surface area contributed by atoms with E-state index in [1.807, 2.05) is 0 Å². The predicted molar refractivity (Wildman–Crippen MR) is 85.5 cm³/mol. The van der Waals surface area contributed by atoms with Crippen LogP contribution in [0.4, 0.5) is 0 Å². The van der Waals surface area contributed by atoms with E-state index in [9.17, 15) is 0 Å². The van der Waals surface area contributed by atoms with E-state index in [-0.39, 0.29) is 5.79 Å². The van der Waals surface area contributed by atoms with Crippen molar-refractivity contribution in [3.05, 3.63) is 35.4 Å². The lowest BCUT2D eigenvalue weighted by molar-refractivity contribution is -0.178. The van der Waals surface area contributed by atoms with Crippen LogP contribution in [-0.2, 0) is 15.9 Å². The molecule has 2 heteroatoms. The first kappa shape index (κ1) is 15.1. The van der Waals surface area contributed by atoms with Gasteiger partial charge in [-0.15, -0.1) is 0 Å². The van der Waals surface area contributed by atoms with E-state index in [1.54, 1.807) is 0 Å². The van der Waals surface area contributed by atoms with Gasteiger partial charge in [-0.25, -0.2) is 0 Å². The largest absolute Gasteiger partial charge is 0.348 e. The second-order valence-corrected chi connectivity index (χ2v) is 6.58. The molecule has 1 aromatic rings. The van der Waals surface area contributed by atoms with Crippen molar-refractivity contribution in [3.8, 4) is 0 Å². The summed E-state index contributed by atoms with van der Waals surface area (Å²) >= 11 is 0. The van der Waals surface area contributed by atoms with E-state index in [0.717, 1.165) is 26.1 Å². The molecule has 0 radical (unpaired) electrons. The molecule has 1 aromatic carbocycles. The topological polar surface area (TPSA) is 18.5 Å². The molecule has 1 heterocycles. The van der Waals surface area contributed by atoms with Crippen LogP contribution in [0, 0.1) is 0 Å². The fraction of sp³-hybridized carbons (Fsp3) is 0.684. The van der Waals surface area contributed by atoms with Crippen molar-refractivity contribution in [1.82, 2.24) is 0 Å². The van der Waals surface area contributed by atoms with Gasteiger partial charge in [0, 0.05) is 12.8 Å². The van der Waals surface area contributed by atoms with Crippen molar-refractivity contribution in [3.63, 3.8) is 0 Å². The zero-order chi connectivity index (χ0) is 14.5. The molecular weight excluding hydrogens is 260 g/mol. The van der Waals surface area contributed by atoms with Crippen LogP contribution in [0.3, 0.4) is 0 Å². The highest BCUT2D eigenvalue weighted by Crippen LogP contribution is 2.42. The molecule has 2 aliphatic rings. The lowest BCUT2D eigenvalue weighted by Gasteiger charge is -2.35. The number of aryl methyl sites for hydroxylation is 1. The van der Waals surface area contributed by atoms with Crippen LogP contribution >= 0.6 is 0 Å². The van der Waals surface area contributed by atoms with Gasteiger partial charge in [0.05, 0.1) is 13.2 Å². The minimum absolute atomic E-state index is 0.226. The Bertz CT molecular complexity index is 421. The summed E-state index contributed by atoms with van der Waals surface area (Å²) in [6, 6.07) is 9.36. The van der Waals surface area contributed by atoms with Crippen LogP contribution < -0.4 is 0 Å². The van der Waals surface area contributed by atoms with Gasteiger partial charge in [0.2, 0.25) is 0 Å². The van der Waals surface area contributed by atoms with Gasteiger partial charge in [-0.1, -0.05) is 44.0 Å². The third kappa shape index (κ3) is 3.67. The number of ether oxygens (including phenoxy) is 2. The van der Waals surface area contributed by atoms with Crippen molar-refractivity contribution in [1.29, 1.82) is 0 Å². The lowest BCUT2D eigenvalue weighted by Crippen LogP contribution is -2.34. The predicted octanol–water partition coefficient (Wildman–Crippen LogP) is 4.82. The Kier molecular flexibility index (Phi) is 4.97. The van der Waals surface area contributed by atoms with Crippen molar-refractivity contribution in [2.75, 3.05) is 13.2 Å². The molecule has 1 aliphatic heterocycles. The quantitative estimate of drug-likeness (QED) is 0.723. The maximum absolute atomic E-state index is 5.82. The lowest BCUT2D eigenvalue weighted by atomic mass is 9.81. The molecule has 3 rings (SSSR count). The van der Waals surface area contributed by atoms with Crippen molar-refractivity contribution < 1.29 is 9.47 Å². The van der Waals surface area contributed by atoms with E-state index in [2.05, 4.69) is 31.2 Å². The monoisotopic (exact) mass is 288 g/mol. The molecule has 0 bridgehead atoms. The van der Waals surface area contributed by atoms with E-state index in [1.165, 1.54) is 49.7 Å². The number of benzene rings is 1. The molecule has 0 unspecified atom stereocenters. The molecule has 0 amide bonds. The van der Waals surface area contributed by atoms with Crippen LogP contribution in [0.2, 0.25) is 0 Å². The van der Waals surface area contributed by atoms with Gasteiger partial charge >= 0.3 is 0 Å². The fourth-order valence-corrected chi connectivity index (χ4v) is 3.71. The molecule has 1 saturated heterocycles. The summed E-state index contributed by atoms with van der Waals surface area (Å²) in [5.41, 5.74) is 2.99. The minimum Gasteiger partial charge on any atom is -0.348 e. The molecule has 0 N–H and O–H groups in total. The van der Waals surface area contributed by atoms with Crippen LogP contribution in [0.5, 0.6) is 0 Å². The van der Waals surface area contributed by atoms with Gasteiger partial charge in [-0.2, -0.15) is 0 Å². The Hall–Kier alpha value is -0.860. The summed E-state index contributed by atoms with van der Waals surface area (Å²) < 4.78 is 11.6. The number of hydrogen-bond donors (Lipinski definition) is 0. The second-order valence-electron chi connectivity index (χ2n) is 6.58. The maximum atomic E-state index is 5.82. The van der Waals surface area contributed by atoms with Crippen molar-refractivity contribution in [2.24, 2.45) is 0 Å². The summed E-state index contributed by atoms with van der Waals surface area (Å²) in [4.78, 5) is 0. The molecule has 2 fully saturated rings. The Morgan fingerprint density at radius 3 is 2.29 bits per heavy atom. The first-order chi connectivity index (χ1) is 10.3. The SMILES string of the molecule is CCCCCc1ccc(C2CCC3(CC2)OCCO3)cc1. The average molecular weight is 288 g/mol. The Morgan fingerprint density at radius 2 is 1.67 bits per heavy atom. The Labute approximate surface area is 128 Å². The fourth-order valence-electron chi connectivity index (χ4n) is 3.71. The number of hydrogen-bond acceptors (Lipinski definition) is 2. The molecule has 0 atom stereocenters.